The van der Waals surface area contributed by atoms with Gasteiger partial charge in [0.15, 0.2) is 11.5 Å². The molecule has 0 aliphatic carbocycles. The highest BCUT2D eigenvalue weighted by molar-refractivity contribution is 5.91. The third-order valence-electron chi connectivity index (χ3n) is 5.55. The van der Waals surface area contributed by atoms with E-state index in [9.17, 15) is 9.59 Å². The molecule has 4 rings (SSSR count). The Hall–Kier alpha value is -4.59. The second kappa shape index (κ2) is 11.2. The van der Waals surface area contributed by atoms with Crippen molar-refractivity contribution in [2.75, 3.05) is 20.8 Å². The number of carbonyl (C=O) groups is 1. The van der Waals surface area contributed by atoms with Gasteiger partial charge in [-0.3, -0.25) is 9.59 Å². The number of rotatable bonds is 9. The van der Waals surface area contributed by atoms with Crippen LogP contribution < -0.4 is 19.8 Å². The number of H-pyrrole nitrogens is 1. The third kappa shape index (κ3) is 5.72. The maximum absolute atomic E-state index is 12.9. The van der Waals surface area contributed by atoms with Crippen molar-refractivity contribution in [2.24, 2.45) is 0 Å². The summed E-state index contributed by atoms with van der Waals surface area (Å²) < 4.78 is 16.5. The summed E-state index contributed by atoms with van der Waals surface area (Å²) in [5, 5.41) is 0.378. The molecule has 36 heavy (non-hydrogen) atoms. The van der Waals surface area contributed by atoms with Crippen molar-refractivity contribution in [3.05, 3.63) is 94.5 Å². The minimum atomic E-state index is -0.315. The highest BCUT2D eigenvalue weighted by atomic mass is 16.5. The number of para-hydroxylation sites is 1. The number of amides is 1. The van der Waals surface area contributed by atoms with Crippen molar-refractivity contribution in [1.82, 2.24) is 14.9 Å². The van der Waals surface area contributed by atoms with Crippen LogP contribution in [-0.4, -0.2) is 41.5 Å². The van der Waals surface area contributed by atoms with Crippen LogP contribution in [0.15, 0.2) is 77.6 Å². The first-order chi connectivity index (χ1) is 17.5. The molecule has 0 radical (unpaired) electrons. The van der Waals surface area contributed by atoms with Crippen molar-refractivity contribution in [2.45, 2.75) is 13.5 Å². The molecule has 0 fully saturated rings. The Kier molecular flexibility index (Phi) is 7.65. The molecular formula is C28H27N3O5. The van der Waals surface area contributed by atoms with E-state index in [2.05, 4.69) is 9.97 Å². The lowest BCUT2D eigenvalue weighted by Gasteiger charge is -2.18. The van der Waals surface area contributed by atoms with Crippen molar-refractivity contribution in [3.8, 4) is 23.0 Å². The van der Waals surface area contributed by atoms with Crippen LogP contribution in [0.4, 0.5) is 0 Å². The van der Waals surface area contributed by atoms with E-state index in [1.807, 2.05) is 61.5 Å². The maximum Gasteiger partial charge on any atom is 0.258 e. The number of nitrogens with zero attached hydrogens (tertiary/aromatic N) is 2. The van der Waals surface area contributed by atoms with Crippen LogP contribution in [0, 0.1) is 0 Å². The lowest BCUT2D eigenvalue weighted by molar-refractivity contribution is -0.126. The number of hydrogen-bond donors (Lipinski definition) is 1. The van der Waals surface area contributed by atoms with E-state index in [1.165, 1.54) is 20.3 Å². The third-order valence-corrected chi connectivity index (χ3v) is 5.55. The van der Waals surface area contributed by atoms with Gasteiger partial charge in [-0.15, -0.1) is 0 Å². The van der Waals surface area contributed by atoms with E-state index < -0.39 is 0 Å². The van der Waals surface area contributed by atoms with Gasteiger partial charge in [-0.25, -0.2) is 4.98 Å². The monoisotopic (exact) mass is 485 g/mol. The van der Waals surface area contributed by atoms with E-state index in [-0.39, 0.29) is 18.0 Å². The molecule has 8 heteroatoms. The molecule has 0 unspecified atom stereocenters. The minimum Gasteiger partial charge on any atom is -0.493 e. The molecule has 0 aliphatic rings. The molecule has 0 saturated carbocycles. The second-order valence-electron chi connectivity index (χ2n) is 7.91. The quantitative estimate of drug-likeness (QED) is 0.343. The number of benzene rings is 3. The Morgan fingerprint density at radius 2 is 1.69 bits per heavy atom. The summed E-state index contributed by atoms with van der Waals surface area (Å²) in [6.45, 7) is 2.46. The Morgan fingerprint density at radius 3 is 2.42 bits per heavy atom. The molecule has 0 bridgehead atoms. The minimum absolute atomic E-state index is 0.149. The van der Waals surface area contributed by atoms with Crippen molar-refractivity contribution in [3.63, 3.8) is 0 Å². The number of fused-ring (bicyclic) bond motifs is 1. The highest BCUT2D eigenvalue weighted by Crippen LogP contribution is 2.30. The van der Waals surface area contributed by atoms with Gasteiger partial charge in [0.25, 0.3) is 5.56 Å². The lowest BCUT2D eigenvalue weighted by Crippen LogP contribution is -2.30. The highest BCUT2D eigenvalue weighted by Gasteiger charge is 2.14. The van der Waals surface area contributed by atoms with Gasteiger partial charge in [0.2, 0.25) is 5.91 Å². The molecular weight excluding hydrogens is 458 g/mol. The summed E-state index contributed by atoms with van der Waals surface area (Å²) in [5.41, 5.74) is 0.969. The number of aromatic nitrogens is 2. The fourth-order valence-electron chi connectivity index (χ4n) is 3.69. The van der Waals surface area contributed by atoms with Gasteiger partial charge in [0.1, 0.15) is 17.3 Å². The van der Waals surface area contributed by atoms with Crippen LogP contribution in [0.3, 0.4) is 0 Å². The number of nitrogens with one attached hydrogen (secondary N) is 1. The summed E-state index contributed by atoms with van der Waals surface area (Å²) in [6.07, 6.45) is 3.23. The zero-order chi connectivity index (χ0) is 25.5. The van der Waals surface area contributed by atoms with Gasteiger partial charge in [-0.1, -0.05) is 30.3 Å². The zero-order valence-electron chi connectivity index (χ0n) is 20.4. The lowest BCUT2D eigenvalue weighted by atomic mass is 10.2. The summed E-state index contributed by atoms with van der Waals surface area (Å²) in [4.78, 5) is 34.5. The summed E-state index contributed by atoms with van der Waals surface area (Å²) in [5.74, 6) is 2.49. The molecule has 1 aromatic heterocycles. The van der Waals surface area contributed by atoms with Crippen LogP contribution in [0.2, 0.25) is 0 Å². The van der Waals surface area contributed by atoms with E-state index in [4.69, 9.17) is 14.2 Å². The average molecular weight is 486 g/mol. The number of hydrogen-bond acceptors (Lipinski definition) is 6. The first-order valence-corrected chi connectivity index (χ1v) is 11.5. The molecule has 0 atom stereocenters. The van der Waals surface area contributed by atoms with Crippen LogP contribution in [0.5, 0.6) is 23.0 Å². The maximum atomic E-state index is 12.9. The predicted octanol–water partition coefficient (Wildman–Crippen LogP) is 4.79. The van der Waals surface area contributed by atoms with E-state index in [1.54, 1.807) is 23.1 Å². The normalized spacial score (nSPS) is 11.0. The summed E-state index contributed by atoms with van der Waals surface area (Å²) in [7, 11) is 3.02. The Balaban J connectivity index is 1.50. The number of ether oxygens (including phenoxy) is 3. The van der Waals surface area contributed by atoms with Gasteiger partial charge in [-0.2, -0.15) is 0 Å². The Labute approximate surface area is 208 Å². The van der Waals surface area contributed by atoms with Gasteiger partial charge in [-0.05, 0) is 48.9 Å². The van der Waals surface area contributed by atoms with Crippen LogP contribution in [0.25, 0.3) is 17.0 Å². The SMILES string of the molecule is CCN(Cc1nc2cc(OC)c(OC)cc2c(=O)[nH]1)C(=O)C=Cc1cccc(Oc2ccccc2)c1. The molecule has 0 saturated heterocycles. The predicted molar refractivity (Wildman–Crippen MR) is 139 cm³/mol. The van der Waals surface area contributed by atoms with E-state index in [0.29, 0.717) is 40.5 Å². The first-order valence-electron chi connectivity index (χ1n) is 11.5. The fourth-order valence-corrected chi connectivity index (χ4v) is 3.69. The molecule has 184 valence electrons. The van der Waals surface area contributed by atoms with Gasteiger partial charge < -0.3 is 24.1 Å². The zero-order valence-corrected chi connectivity index (χ0v) is 20.4. The largest absolute Gasteiger partial charge is 0.493 e. The van der Waals surface area contributed by atoms with Crippen molar-refractivity contribution in [1.29, 1.82) is 0 Å². The molecule has 3 aromatic carbocycles. The number of methoxy groups -OCH3 is 2. The summed E-state index contributed by atoms with van der Waals surface area (Å²) in [6, 6.07) is 20.2. The molecule has 8 nitrogen and oxygen atoms in total. The standard InChI is InChI=1S/C28H27N3O5/c1-4-31(18-26-29-23-17-25(35-3)24(34-2)16-22(23)28(33)30-26)27(32)14-13-19-9-8-12-21(15-19)36-20-10-6-5-7-11-20/h5-17H,4,18H2,1-3H3,(H,29,30,33). The van der Waals surface area contributed by atoms with Crippen molar-refractivity contribution >= 4 is 22.9 Å². The smallest absolute Gasteiger partial charge is 0.258 e. The molecule has 4 aromatic rings. The molecule has 0 spiro atoms. The Morgan fingerprint density at radius 1 is 0.972 bits per heavy atom. The topological polar surface area (TPSA) is 93.8 Å². The number of carbonyl (C=O) groups excluding carboxylic acids is 1. The van der Waals surface area contributed by atoms with Crippen LogP contribution in [0.1, 0.15) is 18.3 Å². The van der Waals surface area contributed by atoms with Crippen molar-refractivity contribution < 1.29 is 19.0 Å². The molecule has 1 heterocycles. The molecule has 0 aliphatic heterocycles. The number of aromatic amines is 1. The van der Waals surface area contributed by atoms with Gasteiger partial charge in [0.05, 0.1) is 31.7 Å². The van der Waals surface area contributed by atoms with Gasteiger partial charge >= 0.3 is 0 Å². The fraction of sp³-hybridized carbons (Fsp3) is 0.179. The van der Waals surface area contributed by atoms with Gasteiger partial charge in [0, 0.05) is 18.7 Å². The first kappa shape index (κ1) is 24.5. The van der Waals surface area contributed by atoms with E-state index >= 15 is 0 Å². The second-order valence-corrected chi connectivity index (χ2v) is 7.91. The molecule has 1 N–H and O–H groups in total. The number of likely N-dealkylation sites (N-methyl/N-ethyl adjacent to an activating group) is 1. The van der Waals surface area contributed by atoms with Crippen LogP contribution >= 0.6 is 0 Å². The molecule has 1 amide bonds. The summed E-state index contributed by atoms with van der Waals surface area (Å²) >= 11 is 0. The van der Waals surface area contributed by atoms with E-state index in [0.717, 1.165) is 11.3 Å². The average Bonchev–Trinajstić information content (AvgIpc) is 2.90. The Bertz CT molecular complexity index is 1450. The van der Waals surface area contributed by atoms with Crippen LogP contribution in [-0.2, 0) is 11.3 Å².